The van der Waals surface area contributed by atoms with E-state index in [2.05, 4.69) is 39.1 Å². The van der Waals surface area contributed by atoms with E-state index in [1.54, 1.807) is 0 Å². The number of hydrogen-bond acceptors (Lipinski definition) is 2. The average molecular weight is 332 g/mol. The molecule has 1 saturated heterocycles. The Bertz CT molecular complexity index is 389. The molecule has 0 bridgehead atoms. The summed E-state index contributed by atoms with van der Waals surface area (Å²) in [6.45, 7) is 5.90. The fraction of sp³-hybridized carbons (Fsp3) is 0.571. The Morgan fingerprint density at radius 2 is 2.11 bits per heavy atom. The van der Waals surface area contributed by atoms with Crippen LogP contribution in [0.3, 0.4) is 0 Å². The minimum absolute atomic E-state index is 0.589. The molecule has 1 aliphatic rings. The Kier molecular flexibility index (Phi) is 5.34. The van der Waals surface area contributed by atoms with Crippen molar-refractivity contribution in [2.24, 2.45) is 0 Å². The zero-order valence-electron chi connectivity index (χ0n) is 10.8. The molecule has 2 nitrogen and oxygen atoms in total. The van der Waals surface area contributed by atoms with Crippen molar-refractivity contribution < 1.29 is 0 Å². The fourth-order valence-corrected chi connectivity index (χ4v) is 2.94. The van der Waals surface area contributed by atoms with Crippen molar-refractivity contribution in [3.05, 3.63) is 27.7 Å². The van der Waals surface area contributed by atoms with Gasteiger partial charge >= 0.3 is 0 Å². The second-order valence-corrected chi connectivity index (χ2v) is 6.15. The number of rotatable bonds is 4. The highest BCUT2D eigenvalue weighted by Gasteiger charge is 2.18. The molecular weight excluding hydrogens is 312 g/mol. The minimum atomic E-state index is 0.589. The molecule has 1 aromatic carbocycles. The number of halogens is 2. The molecule has 0 radical (unpaired) electrons. The third-order valence-corrected chi connectivity index (χ3v) is 4.63. The van der Waals surface area contributed by atoms with E-state index < -0.39 is 0 Å². The molecule has 1 aromatic rings. The molecule has 0 unspecified atom stereocenters. The number of likely N-dealkylation sites (tertiary alicyclic amines) is 1. The summed E-state index contributed by atoms with van der Waals surface area (Å²) >= 11 is 9.46. The number of hydrogen-bond donors (Lipinski definition) is 1. The second-order valence-electron chi connectivity index (χ2n) is 4.89. The van der Waals surface area contributed by atoms with E-state index in [9.17, 15) is 0 Å². The maximum absolute atomic E-state index is 6.00. The second kappa shape index (κ2) is 6.78. The van der Waals surface area contributed by atoms with Crippen LogP contribution in [-0.2, 0) is 0 Å². The van der Waals surface area contributed by atoms with Crippen LogP contribution >= 0.6 is 27.5 Å². The Balaban J connectivity index is 1.85. The lowest BCUT2D eigenvalue weighted by Crippen LogP contribution is -2.39. The maximum atomic E-state index is 6.00. The Labute approximate surface area is 123 Å². The van der Waals surface area contributed by atoms with Crippen LogP contribution in [0.1, 0.15) is 26.2 Å². The Morgan fingerprint density at radius 1 is 1.39 bits per heavy atom. The standard InChI is InChI=1S/C14H20BrClN2/c1-2-7-18-8-5-11(6-9-18)17-12-3-4-14(16)13(15)10-12/h3-4,10-11,17H,2,5-9H2,1H3. The first kappa shape index (κ1) is 14.2. The highest BCUT2D eigenvalue weighted by molar-refractivity contribution is 9.10. The van der Waals surface area contributed by atoms with Gasteiger partial charge in [0.05, 0.1) is 5.02 Å². The summed E-state index contributed by atoms with van der Waals surface area (Å²) in [7, 11) is 0. The van der Waals surface area contributed by atoms with E-state index >= 15 is 0 Å². The monoisotopic (exact) mass is 330 g/mol. The molecule has 0 spiro atoms. The van der Waals surface area contributed by atoms with Crippen molar-refractivity contribution in [1.82, 2.24) is 4.90 Å². The lowest BCUT2D eigenvalue weighted by atomic mass is 10.0. The SMILES string of the molecule is CCCN1CCC(Nc2ccc(Cl)c(Br)c2)CC1. The largest absolute Gasteiger partial charge is 0.382 e. The molecule has 0 saturated carbocycles. The van der Waals surface area contributed by atoms with Crippen molar-refractivity contribution in [1.29, 1.82) is 0 Å². The van der Waals surface area contributed by atoms with Gasteiger partial charge in [0.2, 0.25) is 0 Å². The van der Waals surface area contributed by atoms with Crippen LogP contribution in [-0.4, -0.2) is 30.6 Å². The van der Waals surface area contributed by atoms with E-state index in [0.717, 1.165) is 15.2 Å². The summed E-state index contributed by atoms with van der Waals surface area (Å²) in [5.74, 6) is 0. The first-order valence-corrected chi connectivity index (χ1v) is 7.80. The molecule has 18 heavy (non-hydrogen) atoms. The smallest absolute Gasteiger partial charge is 0.0549 e. The summed E-state index contributed by atoms with van der Waals surface area (Å²) in [4.78, 5) is 2.55. The molecule has 0 amide bonds. The highest BCUT2D eigenvalue weighted by Crippen LogP contribution is 2.26. The predicted molar refractivity (Wildman–Crippen MR) is 82.5 cm³/mol. The quantitative estimate of drug-likeness (QED) is 0.880. The minimum Gasteiger partial charge on any atom is -0.382 e. The van der Waals surface area contributed by atoms with Gasteiger partial charge in [-0.3, -0.25) is 0 Å². The van der Waals surface area contributed by atoms with Crippen LogP contribution in [0.25, 0.3) is 0 Å². The molecule has 1 N–H and O–H groups in total. The average Bonchev–Trinajstić information content (AvgIpc) is 2.37. The highest BCUT2D eigenvalue weighted by atomic mass is 79.9. The number of anilines is 1. The van der Waals surface area contributed by atoms with Crippen molar-refractivity contribution in [3.8, 4) is 0 Å². The Morgan fingerprint density at radius 3 is 2.72 bits per heavy atom. The molecule has 4 heteroatoms. The third-order valence-electron chi connectivity index (χ3n) is 3.42. The lowest BCUT2D eigenvalue weighted by Gasteiger charge is -2.32. The van der Waals surface area contributed by atoms with Crippen LogP contribution in [0.4, 0.5) is 5.69 Å². The molecule has 1 heterocycles. The van der Waals surface area contributed by atoms with E-state index in [1.807, 2.05) is 12.1 Å². The van der Waals surface area contributed by atoms with Crippen LogP contribution in [0.15, 0.2) is 22.7 Å². The van der Waals surface area contributed by atoms with Crippen LogP contribution < -0.4 is 5.32 Å². The van der Waals surface area contributed by atoms with Gasteiger partial charge in [0, 0.05) is 29.3 Å². The molecule has 100 valence electrons. The van der Waals surface area contributed by atoms with Gasteiger partial charge in [-0.05, 0) is 59.9 Å². The normalized spacial score (nSPS) is 17.9. The van der Waals surface area contributed by atoms with Crippen molar-refractivity contribution in [2.45, 2.75) is 32.2 Å². The van der Waals surface area contributed by atoms with Gasteiger partial charge in [0.25, 0.3) is 0 Å². The molecule has 0 aromatic heterocycles. The van der Waals surface area contributed by atoms with Gasteiger partial charge < -0.3 is 10.2 Å². The fourth-order valence-electron chi connectivity index (χ4n) is 2.44. The van der Waals surface area contributed by atoms with Crippen molar-refractivity contribution in [2.75, 3.05) is 25.0 Å². The van der Waals surface area contributed by atoms with E-state index in [4.69, 9.17) is 11.6 Å². The maximum Gasteiger partial charge on any atom is 0.0549 e. The Hall–Kier alpha value is -0.250. The molecule has 0 atom stereocenters. The van der Waals surface area contributed by atoms with Gasteiger partial charge in [-0.1, -0.05) is 18.5 Å². The zero-order chi connectivity index (χ0) is 13.0. The predicted octanol–water partition coefficient (Wildman–Crippen LogP) is 4.39. The van der Waals surface area contributed by atoms with Gasteiger partial charge in [-0.2, -0.15) is 0 Å². The summed E-state index contributed by atoms with van der Waals surface area (Å²) < 4.78 is 0.956. The summed E-state index contributed by atoms with van der Waals surface area (Å²) in [5.41, 5.74) is 1.15. The topological polar surface area (TPSA) is 15.3 Å². The van der Waals surface area contributed by atoms with Gasteiger partial charge in [0.15, 0.2) is 0 Å². The van der Waals surface area contributed by atoms with Gasteiger partial charge in [0.1, 0.15) is 0 Å². The molecule has 0 aliphatic carbocycles. The van der Waals surface area contributed by atoms with Gasteiger partial charge in [-0.25, -0.2) is 0 Å². The van der Waals surface area contributed by atoms with Crippen molar-refractivity contribution in [3.63, 3.8) is 0 Å². The molecular formula is C14H20BrClN2. The zero-order valence-corrected chi connectivity index (χ0v) is 13.1. The number of nitrogens with one attached hydrogen (secondary N) is 1. The summed E-state index contributed by atoms with van der Waals surface area (Å²) in [6.07, 6.45) is 3.70. The van der Waals surface area contributed by atoms with E-state index in [1.165, 1.54) is 38.9 Å². The van der Waals surface area contributed by atoms with Crippen LogP contribution in [0, 0.1) is 0 Å². The number of benzene rings is 1. The summed E-state index contributed by atoms with van der Waals surface area (Å²) in [6, 6.07) is 6.62. The van der Waals surface area contributed by atoms with Crippen LogP contribution in [0.5, 0.6) is 0 Å². The molecule has 1 fully saturated rings. The number of nitrogens with zero attached hydrogens (tertiary/aromatic N) is 1. The van der Waals surface area contributed by atoms with E-state index in [-0.39, 0.29) is 0 Å². The first-order valence-electron chi connectivity index (χ1n) is 6.63. The van der Waals surface area contributed by atoms with Crippen LogP contribution in [0.2, 0.25) is 5.02 Å². The molecule has 2 rings (SSSR count). The van der Waals surface area contributed by atoms with Crippen molar-refractivity contribution >= 4 is 33.2 Å². The molecule has 1 aliphatic heterocycles. The number of piperidine rings is 1. The third kappa shape index (κ3) is 3.87. The van der Waals surface area contributed by atoms with Gasteiger partial charge in [-0.15, -0.1) is 0 Å². The summed E-state index contributed by atoms with van der Waals surface area (Å²) in [5, 5.41) is 4.36. The van der Waals surface area contributed by atoms with E-state index in [0.29, 0.717) is 6.04 Å². The lowest BCUT2D eigenvalue weighted by molar-refractivity contribution is 0.219. The first-order chi connectivity index (χ1) is 8.69.